The average Bonchev–Trinajstić information content (AvgIpc) is 3.06. The van der Waals surface area contributed by atoms with Crippen LogP contribution in [-0.2, 0) is 0 Å². The van der Waals surface area contributed by atoms with Gasteiger partial charge in [-0.05, 0) is 51.6 Å². The zero-order valence-corrected chi connectivity index (χ0v) is 9.63. The number of hydrogen-bond acceptors (Lipinski definition) is 2. The van der Waals surface area contributed by atoms with Crippen molar-refractivity contribution in [1.82, 2.24) is 10.2 Å². The fraction of sp³-hybridized carbons (Fsp3) is 1.00. The standard InChI is InChI=1S/C12H24N2/c1-3-8-13-12(10-4-5-10)9-14(2)11-6-7-11/h10-13H,3-9H2,1-2H3. The monoisotopic (exact) mass is 196 g/mol. The molecule has 0 aromatic carbocycles. The van der Waals surface area contributed by atoms with Crippen molar-refractivity contribution in [2.45, 2.75) is 51.1 Å². The van der Waals surface area contributed by atoms with Crippen molar-refractivity contribution in [3.05, 3.63) is 0 Å². The predicted octanol–water partition coefficient (Wildman–Crippen LogP) is 1.86. The Morgan fingerprint density at radius 3 is 2.50 bits per heavy atom. The molecule has 0 aromatic heterocycles. The Labute approximate surface area is 88.1 Å². The van der Waals surface area contributed by atoms with Gasteiger partial charge in [0.05, 0.1) is 0 Å². The lowest BCUT2D eigenvalue weighted by Crippen LogP contribution is -2.42. The third kappa shape index (κ3) is 2.96. The van der Waals surface area contributed by atoms with Crippen molar-refractivity contribution < 1.29 is 0 Å². The molecular weight excluding hydrogens is 172 g/mol. The molecule has 2 aliphatic rings. The van der Waals surface area contributed by atoms with Crippen molar-refractivity contribution in [3.8, 4) is 0 Å². The largest absolute Gasteiger partial charge is 0.312 e. The minimum absolute atomic E-state index is 0.778. The highest BCUT2D eigenvalue weighted by atomic mass is 15.2. The Balaban J connectivity index is 1.71. The van der Waals surface area contributed by atoms with Gasteiger partial charge in [-0.2, -0.15) is 0 Å². The Hall–Kier alpha value is -0.0800. The first-order chi connectivity index (χ1) is 6.81. The third-order valence-corrected chi connectivity index (χ3v) is 3.50. The second kappa shape index (κ2) is 4.63. The zero-order chi connectivity index (χ0) is 9.97. The van der Waals surface area contributed by atoms with E-state index in [1.165, 1.54) is 45.2 Å². The number of hydrogen-bond donors (Lipinski definition) is 1. The molecule has 14 heavy (non-hydrogen) atoms. The summed E-state index contributed by atoms with van der Waals surface area (Å²) in [6, 6.07) is 1.69. The number of rotatable bonds is 7. The van der Waals surface area contributed by atoms with Gasteiger partial charge < -0.3 is 10.2 Å². The summed E-state index contributed by atoms with van der Waals surface area (Å²) >= 11 is 0. The van der Waals surface area contributed by atoms with Crippen LogP contribution in [0.15, 0.2) is 0 Å². The maximum absolute atomic E-state index is 3.70. The summed E-state index contributed by atoms with van der Waals surface area (Å²) in [6.45, 7) is 4.72. The molecular formula is C12H24N2. The van der Waals surface area contributed by atoms with E-state index in [0.717, 1.165) is 18.0 Å². The highest BCUT2D eigenvalue weighted by Gasteiger charge is 2.34. The van der Waals surface area contributed by atoms with Gasteiger partial charge >= 0.3 is 0 Å². The van der Waals surface area contributed by atoms with Crippen LogP contribution in [0.3, 0.4) is 0 Å². The summed E-state index contributed by atoms with van der Waals surface area (Å²) in [5.74, 6) is 0.989. The lowest BCUT2D eigenvalue weighted by Gasteiger charge is -2.24. The molecule has 82 valence electrons. The Morgan fingerprint density at radius 1 is 1.29 bits per heavy atom. The number of nitrogens with zero attached hydrogens (tertiary/aromatic N) is 1. The summed E-state index contributed by atoms with van der Waals surface area (Å²) in [6.07, 6.45) is 7.04. The molecule has 1 N–H and O–H groups in total. The summed E-state index contributed by atoms with van der Waals surface area (Å²) in [7, 11) is 2.29. The Kier molecular flexibility index (Phi) is 3.45. The highest BCUT2D eigenvalue weighted by molar-refractivity contribution is 4.91. The van der Waals surface area contributed by atoms with E-state index < -0.39 is 0 Å². The molecule has 2 heteroatoms. The van der Waals surface area contributed by atoms with Crippen LogP contribution in [0.1, 0.15) is 39.0 Å². The maximum Gasteiger partial charge on any atom is 0.0223 e. The number of likely N-dealkylation sites (N-methyl/N-ethyl adjacent to an activating group) is 1. The lowest BCUT2D eigenvalue weighted by molar-refractivity contribution is 0.265. The minimum atomic E-state index is 0.778. The van der Waals surface area contributed by atoms with Crippen molar-refractivity contribution >= 4 is 0 Å². The van der Waals surface area contributed by atoms with Gasteiger partial charge in [0.2, 0.25) is 0 Å². The molecule has 0 aromatic rings. The van der Waals surface area contributed by atoms with Crippen LogP contribution in [0.5, 0.6) is 0 Å². The minimum Gasteiger partial charge on any atom is -0.312 e. The van der Waals surface area contributed by atoms with Crippen molar-refractivity contribution in [2.75, 3.05) is 20.1 Å². The van der Waals surface area contributed by atoms with E-state index in [-0.39, 0.29) is 0 Å². The molecule has 2 rings (SSSR count). The highest BCUT2D eigenvalue weighted by Crippen LogP contribution is 2.34. The number of nitrogens with one attached hydrogen (secondary N) is 1. The van der Waals surface area contributed by atoms with Gasteiger partial charge in [-0.25, -0.2) is 0 Å². The topological polar surface area (TPSA) is 15.3 Å². The predicted molar refractivity (Wildman–Crippen MR) is 60.5 cm³/mol. The SMILES string of the molecule is CCCNC(CN(C)C1CC1)C1CC1. The molecule has 0 bridgehead atoms. The van der Waals surface area contributed by atoms with Gasteiger partial charge in [0, 0.05) is 18.6 Å². The van der Waals surface area contributed by atoms with E-state index in [1.54, 1.807) is 0 Å². The molecule has 1 atom stereocenters. The molecule has 0 aliphatic heterocycles. The van der Waals surface area contributed by atoms with E-state index in [2.05, 4.69) is 24.2 Å². The van der Waals surface area contributed by atoms with E-state index in [9.17, 15) is 0 Å². The second-order valence-corrected chi connectivity index (χ2v) is 5.07. The molecule has 2 aliphatic carbocycles. The van der Waals surface area contributed by atoms with Crippen LogP contribution in [0.2, 0.25) is 0 Å². The van der Waals surface area contributed by atoms with Gasteiger partial charge in [-0.15, -0.1) is 0 Å². The van der Waals surface area contributed by atoms with Gasteiger partial charge in [0.1, 0.15) is 0 Å². The summed E-state index contributed by atoms with van der Waals surface area (Å²) in [5, 5.41) is 3.70. The van der Waals surface area contributed by atoms with E-state index in [4.69, 9.17) is 0 Å². The fourth-order valence-electron chi connectivity index (χ4n) is 2.18. The zero-order valence-electron chi connectivity index (χ0n) is 9.63. The molecule has 0 amide bonds. The summed E-state index contributed by atoms with van der Waals surface area (Å²) < 4.78 is 0. The average molecular weight is 196 g/mol. The summed E-state index contributed by atoms with van der Waals surface area (Å²) in [5.41, 5.74) is 0. The van der Waals surface area contributed by atoms with Gasteiger partial charge in [-0.1, -0.05) is 6.92 Å². The van der Waals surface area contributed by atoms with E-state index >= 15 is 0 Å². The quantitative estimate of drug-likeness (QED) is 0.668. The van der Waals surface area contributed by atoms with E-state index in [1.807, 2.05) is 0 Å². The molecule has 0 radical (unpaired) electrons. The van der Waals surface area contributed by atoms with Crippen molar-refractivity contribution in [3.63, 3.8) is 0 Å². The third-order valence-electron chi connectivity index (χ3n) is 3.50. The summed E-state index contributed by atoms with van der Waals surface area (Å²) in [4.78, 5) is 2.56. The maximum atomic E-state index is 3.70. The van der Waals surface area contributed by atoms with Gasteiger partial charge in [0.25, 0.3) is 0 Å². The molecule has 0 saturated heterocycles. The smallest absolute Gasteiger partial charge is 0.0223 e. The molecule has 2 saturated carbocycles. The fourth-order valence-corrected chi connectivity index (χ4v) is 2.18. The molecule has 0 spiro atoms. The van der Waals surface area contributed by atoms with Crippen LogP contribution < -0.4 is 5.32 Å². The lowest BCUT2D eigenvalue weighted by atomic mass is 10.1. The van der Waals surface area contributed by atoms with Gasteiger partial charge in [0.15, 0.2) is 0 Å². The van der Waals surface area contributed by atoms with Gasteiger partial charge in [-0.3, -0.25) is 0 Å². The van der Waals surface area contributed by atoms with Crippen LogP contribution in [0.4, 0.5) is 0 Å². The van der Waals surface area contributed by atoms with Crippen LogP contribution in [-0.4, -0.2) is 37.1 Å². The first-order valence-electron chi connectivity index (χ1n) is 6.25. The van der Waals surface area contributed by atoms with E-state index in [0.29, 0.717) is 0 Å². The first kappa shape index (κ1) is 10.4. The molecule has 0 heterocycles. The normalized spacial score (nSPS) is 24.2. The second-order valence-electron chi connectivity index (χ2n) is 5.07. The van der Waals surface area contributed by atoms with Crippen molar-refractivity contribution in [1.29, 1.82) is 0 Å². The van der Waals surface area contributed by atoms with Crippen LogP contribution >= 0.6 is 0 Å². The Morgan fingerprint density at radius 2 is 2.00 bits per heavy atom. The van der Waals surface area contributed by atoms with Crippen molar-refractivity contribution in [2.24, 2.45) is 5.92 Å². The van der Waals surface area contributed by atoms with Crippen LogP contribution in [0.25, 0.3) is 0 Å². The molecule has 2 nitrogen and oxygen atoms in total. The Bertz CT molecular complexity index is 173. The molecule has 2 fully saturated rings. The molecule has 1 unspecified atom stereocenters. The van der Waals surface area contributed by atoms with Crippen LogP contribution in [0, 0.1) is 5.92 Å². The first-order valence-corrected chi connectivity index (χ1v) is 6.25.